The van der Waals surface area contributed by atoms with Gasteiger partial charge in [-0.25, -0.2) is 15.0 Å². The van der Waals surface area contributed by atoms with Crippen molar-refractivity contribution < 1.29 is 4.79 Å². The van der Waals surface area contributed by atoms with E-state index in [0.717, 1.165) is 16.8 Å². The molecule has 1 amide bonds. The van der Waals surface area contributed by atoms with Crippen molar-refractivity contribution in [3.05, 3.63) is 45.4 Å². The van der Waals surface area contributed by atoms with Gasteiger partial charge in [0.15, 0.2) is 5.82 Å². The van der Waals surface area contributed by atoms with Gasteiger partial charge in [-0.3, -0.25) is 10.2 Å². The highest BCUT2D eigenvalue weighted by Crippen LogP contribution is 2.39. The molecule has 3 rings (SSSR count). The molecule has 1 aromatic heterocycles. The molecule has 1 atom stereocenters. The number of hydrogen-bond donors (Lipinski definition) is 1. The molecule has 0 radical (unpaired) electrons. The number of nitrogens with zero attached hydrogens (tertiary/aromatic N) is 3. The number of amides is 1. The van der Waals surface area contributed by atoms with E-state index in [0.29, 0.717) is 22.4 Å². The fraction of sp³-hybridized carbons (Fsp3) is 0.353. The van der Waals surface area contributed by atoms with Crippen LogP contribution >= 0.6 is 11.6 Å². The van der Waals surface area contributed by atoms with Gasteiger partial charge in [0.2, 0.25) is 0 Å². The largest absolute Gasteiger partial charge is 0.289 e. The number of carbonyl (C=O) groups is 1. The van der Waals surface area contributed by atoms with E-state index in [1.165, 1.54) is 10.6 Å². The van der Waals surface area contributed by atoms with Crippen molar-refractivity contribution in [3.8, 4) is 0 Å². The van der Waals surface area contributed by atoms with E-state index >= 15 is 0 Å². The highest BCUT2D eigenvalue weighted by atomic mass is 35.5. The lowest BCUT2D eigenvalue weighted by Gasteiger charge is -2.22. The van der Waals surface area contributed by atoms with Gasteiger partial charge >= 0.3 is 0 Å². The number of benzene rings is 1. The van der Waals surface area contributed by atoms with Crippen molar-refractivity contribution >= 4 is 29.0 Å². The number of anilines is 2. The molecule has 1 aliphatic rings. The lowest BCUT2D eigenvalue weighted by molar-refractivity contribution is -0.118. The zero-order valence-electron chi connectivity index (χ0n) is 13.9. The average Bonchev–Trinajstić information content (AvgIpc) is 2.66. The van der Waals surface area contributed by atoms with Crippen molar-refractivity contribution in [2.75, 3.05) is 10.4 Å². The van der Waals surface area contributed by atoms with Crippen LogP contribution in [0.4, 0.5) is 11.5 Å². The van der Waals surface area contributed by atoms with Crippen LogP contribution in [0, 0.1) is 27.7 Å². The summed E-state index contributed by atoms with van der Waals surface area (Å²) < 4.78 is 0. The summed E-state index contributed by atoms with van der Waals surface area (Å²) in [6, 6.07) is 4.16. The first-order valence-electron chi connectivity index (χ1n) is 7.52. The maximum Gasteiger partial charge on any atom is 0.254 e. The molecule has 0 fully saturated rings. The fourth-order valence-electron chi connectivity index (χ4n) is 3.07. The second kappa shape index (κ2) is 5.49. The van der Waals surface area contributed by atoms with Crippen LogP contribution in [0.25, 0.3) is 0 Å². The molecule has 6 heteroatoms. The van der Waals surface area contributed by atoms with E-state index in [-0.39, 0.29) is 11.8 Å². The van der Waals surface area contributed by atoms with Gasteiger partial charge in [-0.1, -0.05) is 29.3 Å². The number of aromatic nitrogens is 2. The van der Waals surface area contributed by atoms with Crippen LogP contribution in [-0.2, 0) is 4.79 Å². The number of rotatable bonds is 2. The molecule has 1 unspecified atom stereocenters. The van der Waals surface area contributed by atoms with Gasteiger partial charge in [-0.2, -0.15) is 0 Å². The van der Waals surface area contributed by atoms with Gasteiger partial charge in [-0.05, 0) is 45.7 Å². The van der Waals surface area contributed by atoms with E-state index < -0.39 is 0 Å². The Hall–Kier alpha value is -2.14. The van der Waals surface area contributed by atoms with Crippen LogP contribution in [0.1, 0.15) is 40.9 Å². The summed E-state index contributed by atoms with van der Waals surface area (Å²) in [6.07, 6.45) is 0. The van der Waals surface area contributed by atoms with Crippen LogP contribution in [0.5, 0.6) is 0 Å². The highest BCUT2D eigenvalue weighted by Gasteiger charge is 2.39. The van der Waals surface area contributed by atoms with Crippen molar-refractivity contribution in [2.24, 2.45) is 0 Å². The minimum Gasteiger partial charge on any atom is -0.289 e. The maximum atomic E-state index is 12.7. The van der Waals surface area contributed by atoms with Crippen LogP contribution < -0.4 is 10.4 Å². The molecular formula is C17H19ClN4O. The lowest BCUT2D eigenvalue weighted by atomic mass is 10.1. The lowest BCUT2D eigenvalue weighted by Crippen LogP contribution is -2.35. The van der Waals surface area contributed by atoms with Crippen molar-refractivity contribution in [2.45, 2.75) is 40.5 Å². The average molecular weight is 331 g/mol. The second-order valence-corrected chi connectivity index (χ2v) is 6.44. The Labute approximate surface area is 140 Å². The monoisotopic (exact) mass is 330 g/mol. The Morgan fingerprint density at radius 1 is 1.13 bits per heavy atom. The number of halogens is 1. The van der Waals surface area contributed by atoms with Crippen molar-refractivity contribution in [1.82, 2.24) is 9.97 Å². The van der Waals surface area contributed by atoms with Crippen LogP contribution in [0.15, 0.2) is 12.1 Å². The molecular weight excluding hydrogens is 312 g/mol. The third kappa shape index (κ3) is 2.55. The highest BCUT2D eigenvalue weighted by molar-refractivity contribution is 6.31. The summed E-state index contributed by atoms with van der Waals surface area (Å²) in [6.45, 7) is 9.68. The molecule has 5 nitrogen and oxygen atoms in total. The predicted octanol–water partition coefficient (Wildman–Crippen LogP) is 3.84. The minimum absolute atomic E-state index is 0.0822. The first-order chi connectivity index (χ1) is 10.8. The van der Waals surface area contributed by atoms with Crippen molar-refractivity contribution in [3.63, 3.8) is 0 Å². The molecule has 0 spiro atoms. The molecule has 1 aliphatic heterocycles. The molecule has 23 heavy (non-hydrogen) atoms. The molecule has 2 heterocycles. The molecule has 120 valence electrons. The maximum absolute atomic E-state index is 12.7. The first-order valence-corrected chi connectivity index (χ1v) is 7.90. The number of carbonyl (C=O) groups excluding carboxylic acids is 1. The molecule has 1 aromatic carbocycles. The van der Waals surface area contributed by atoms with Gasteiger partial charge in [0, 0.05) is 5.56 Å². The van der Waals surface area contributed by atoms with Gasteiger partial charge in [0.05, 0.1) is 11.6 Å². The Kier molecular flexibility index (Phi) is 3.76. The summed E-state index contributed by atoms with van der Waals surface area (Å²) in [4.78, 5) is 21.2. The molecule has 0 saturated carbocycles. The molecule has 0 bridgehead atoms. The third-order valence-electron chi connectivity index (χ3n) is 4.13. The van der Waals surface area contributed by atoms with E-state index in [1.54, 1.807) is 6.92 Å². The van der Waals surface area contributed by atoms with Crippen molar-refractivity contribution in [1.29, 1.82) is 0 Å². The Morgan fingerprint density at radius 3 is 2.35 bits per heavy atom. The Balaban J connectivity index is 2.08. The quantitative estimate of drug-likeness (QED) is 0.850. The molecule has 0 aliphatic carbocycles. The van der Waals surface area contributed by atoms with Crippen LogP contribution in [0.2, 0.25) is 5.15 Å². The zero-order valence-corrected chi connectivity index (χ0v) is 14.6. The standard InChI is InChI=1S/C17H19ClN4O/c1-8-6-9(2)14(10(3)7-8)21-22-16-13(11(4)17(22)23)15(18)19-12(5)20-16/h6-7,11,21H,1-5H3. The fourth-order valence-corrected chi connectivity index (χ4v) is 3.44. The van der Waals surface area contributed by atoms with Gasteiger partial charge in [0.25, 0.3) is 5.91 Å². The Bertz CT molecular complexity index is 795. The van der Waals surface area contributed by atoms with E-state index in [1.807, 2.05) is 20.8 Å². The summed E-state index contributed by atoms with van der Waals surface area (Å²) in [5.74, 6) is 0.636. The number of aryl methyl sites for hydroxylation is 4. The molecule has 0 saturated heterocycles. The second-order valence-electron chi connectivity index (χ2n) is 6.08. The molecule has 1 N–H and O–H groups in total. The van der Waals surface area contributed by atoms with E-state index in [2.05, 4.69) is 34.5 Å². The summed E-state index contributed by atoms with van der Waals surface area (Å²) in [5, 5.41) is 1.83. The van der Waals surface area contributed by atoms with Gasteiger partial charge in [-0.15, -0.1) is 0 Å². The minimum atomic E-state index is -0.364. The first kappa shape index (κ1) is 15.7. The van der Waals surface area contributed by atoms with E-state index in [4.69, 9.17) is 11.6 Å². The number of fused-ring (bicyclic) bond motifs is 1. The van der Waals surface area contributed by atoms with Crippen LogP contribution in [-0.4, -0.2) is 15.9 Å². The predicted molar refractivity (Wildman–Crippen MR) is 92.0 cm³/mol. The number of nitrogens with one attached hydrogen (secondary N) is 1. The summed E-state index contributed by atoms with van der Waals surface area (Å²) in [7, 11) is 0. The third-order valence-corrected chi connectivity index (χ3v) is 4.42. The van der Waals surface area contributed by atoms with Crippen LogP contribution in [0.3, 0.4) is 0 Å². The van der Waals surface area contributed by atoms with Gasteiger partial charge < -0.3 is 0 Å². The normalized spacial score (nSPS) is 16.7. The van der Waals surface area contributed by atoms with Gasteiger partial charge in [0.1, 0.15) is 11.0 Å². The number of hydrazine groups is 1. The summed E-state index contributed by atoms with van der Waals surface area (Å²) in [5.41, 5.74) is 8.16. The SMILES string of the molecule is Cc1cc(C)c(NN2C(=O)C(C)c3c(Cl)nc(C)nc32)c(C)c1. The smallest absolute Gasteiger partial charge is 0.254 e. The zero-order chi connectivity index (χ0) is 16.9. The van der Waals surface area contributed by atoms with E-state index in [9.17, 15) is 4.79 Å². The topological polar surface area (TPSA) is 58.1 Å². The number of hydrogen-bond acceptors (Lipinski definition) is 4. The summed E-state index contributed by atoms with van der Waals surface area (Å²) >= 11 is 6.23. The molecule has 2 aromatic rings. The Morgan fingerprint density at radius 2 is 1.74 bits per heavy atom.